The van der Waals surface area contributed by atoms with Crippen LogP contribution in [0.3, 0.4) is 0 Å². The standard InChI is InChI=1S/C13H10ClNO/c14-15-11-7-3-1-5-9(11)13(16)10-6-2-4-8-12(10)15/h1-8,11,16H. The molecule has 1 aliphatic carbocycles. The van der Waals surface area contributed by atoms with E-state index >= 15 is 0 Å². The predicted octanol–water partition coefficient (Wildman–Crippen LogP) is 3.42. The van der Waals surface area contributed by atoms with Gasteiger partial charge in [-0.15, -0.1) is 0 Å². The van der Waals surface area contributed by atoms with Crippen LogP contribution in [0, 0.1) is 0 Å². The lowest BCUT2D eigenvalue weighted by molar-refractivity contribution is 0.502. The molecule has 3 heteroatoms. The number of allylic oxidation sites excluding steroid dienone is 2. The van der Waals surface area contributed by atoms with Gasteiger partial charge < -0.3 is 5.11 Å². The number of aliphatic hydroxyl groups is 1. The predicted molar refractivity (Wildman–Crippen MR) is 66.4 cm³/mol. The number of benzene rings is 1. The summed E-state index contributed by atoms with van der Waals surface area (Å²) >= 11 is 6.29. The minimum Gasteiger partial charge on any atom is -0.507 e. The van der Waals surface area contributed by atoms with Gasteiger partial charge in [-0.2, -0.15) is 0 Å². The third-order valence-corrected chi connectivity index (χ3v) is 3.30. The molecule has 1 aromatic rings. The van der Waals surface area contributed by atoms with Gasteiger partial charge in [0, 0.05) is 22.9 Å². The molecule has 1 unspecified atom stereocenters. The summed E-state index contributed by atoms with van der Waals surface area (Å²) in [7, 11) is 0. The summed E-state index contributed by atoms with van der Waals surface area (Å²) in [6, 6.07) is 7.50. The summed E-state index contributed by atoms with van der Waals surface area (Å²) < 4.78 is 1.66. The largest absolute Gasteiger partial charge is 0.507 e. The van der Waals surface area contributed by atoms with Gasteiger partial charge in [-0.1, -0.05) is 36.4 Å². The molecule has 3 rings (SSSR count). The summed E-state index contributed by atoms with van der Waals surface area (Å²) in [4.78, 5) is 0. The third-order valence-electron chi connectivity index (χ3n) is 2.91. The Morgan fingerprint density at radius 2 is 2.00 bits per heavy atom. The van der Waals surface area contributed by atoms with E-state index in [9.17, 15) is 5.11 Å². The first-order valence-electron chi connectivity index (χ1n) is 5.11. The average Bonchev–Trinajstić information content (AvgIpc) is 2.36. The molecule has 1 atom stereocenters. The zero-order chi connectivity index (χ0) is 11.1. The Morgan fingerprint density at radius 1 is 1.19 bits per heavy atom. The van der Waals surface area contributed by atoms with Crippen molar-refractivity contribution >= 4 is 23.2 Å². The van der Waals surface area contributed by atoms with Crippen LogP contribution in [0.15, 0.2) is 54.1 Å². The molecular formula is C13H10ClNO. The summed E-state index contributed by atoms with van der Waals surface area (Å²) in [5, 5.41) is 10.2. The highest BCUT2D eigenvalue weighted by Crippen LogP contribution is 2.39. The van der Waals surface area contributed by atoms with E-state index in [0.29, 0.717) is 5.76 Å². The van der Waals surface area contributed by atoms with Crippen molar-refractivity contribution in [2.45, 2.75) is 6.04 Å². The molecule has 0 saturated carbocycles. The smallest absolute Gasteiger partial charge is 0.130 e. The van der Waals surface area contributed by atoms with Crippen LogP contribution in [-0.2, 0) is 0 Å². The van der Waals surface area contributed by atoms with E-state index in [1.54, 1.807) is 4.42 Å². The third kappa shape index (κ3) is 1.20. The van der Waals surface area contributed by atoms with E-state index < -0.39 is 0 Å². The fourth-order valence-electron chi connectivity index (χ4n) is 2.11. The first-order valence-corrected chi connectivity index (χ1v) is 5.45. The van der Waals surface area contributed by atoms with Crippen LogP contribution in [0.5, 0.6) is 0 Å². The Balaban J connectivity index is 2.26. The van der Waals surface area contributed by atoms with E-state index in [1.165, 1.54) is 0 Å². The lowest BCUT2D eigenvalue weighted by Gasteiger charge is -2.33. The normalized spacial score (nSPS) is 22.1. The summed E-state index contributed by atoms with van der Waals surface area (Å²) in [5.74, 6) is 0.318. The first-order chi connectivity index (χ1) is 7.79. The lowest BCUT2D eigenvalue weighted by atomic mass is 9.93. The van der Waals surface area contributed by atoms with Crippen molar-refractivity contribution in [2.24, 2.45) is 0 Å². The maximum atomic E-state index is 10.2. The van der Waals surface area contributed by atoms with Gasteiger partial charge in [0.1, 0.15) is 5.76 Å². The number of hydrogen-bond acceptors (Lipinski definition) is 2. The Hall–Kier alpha value is -1.67. The molecule has 0 aromatic heterocycles. The van der Waals surface area contributed by atoms with E-state index in [4.69, 9.17) is 11.8 Å². The Labute approximate surface area is 98.9 Å². The van der Waals surface area contributed by atoms with E-state index in [0.717, 1.165) is 16.8 Å². The molecule has 0 amide bonds. The molecule has 0 saturated heterocycles. The average molecular weight is 232 g/mol. The van der Waals surface area contributed by atoms with Crippen molar-refractivity contribution in [1.82, 2.24) is 0 Å². The summed E-state index contributed by atoms with van der Waals surface area (Å²) in [6.07, 6.45) is 7.70. The topological polar surface area (TPSA) is 23.5 Å². The first kappa shape index (κ1) is 9.55. The quantitative estimate of drug-likeness (QED) is 0.692. The molecule has 80 valence electrons. The number of aliphatic hydroxyl groups excluding tert-OH is 1. The molecule has 16 heavy (non-hydrogen) atoms. The second-order valence-corrected chi connectivity index (χ2v) is 4.19. The molecule has 0 bridgehead atoms. The fourth-order valence-corrected chi connectivity index (χ4v) is 2.43. The van der Waals surface area contributed by atoms with Crippen LogP contribution < -0.4 is 4.42 Å². The van der Waals surface area contributed by atoms with Crippen LogP contribution in [-0.4, -0.2) is 11.1 Å². The van der Waals surface area contributed by atoms with Gasteiger partial charge in [0.05, 0.1) is 11.7 Å². The maximum absolute atomic E-state index is 10.2. The second kappa shape index (κ2) is 3.42. The molecule has 1 aliphatic heterocycles. The van der Waals surface area contributed by atoms with Crippen molar-refractivity contribution in [3.05, 3.63) is 59.7 Å². The van der Waals surface area contributed by atoms with Crippen molar-refractivity contribution in [2.75, 3.05) is 4.42 Å². The number of nitrogens with zero attached hydrogens (tertiary/aromatic N) is 1. The minimum absolute atomic E-state index is 0.0819. The van der Waals surface area contributed by atoms with E-state index in [1.807, 2.05) is 48.6 Å². The highest BCUT2D eigenvalue weighted by Gasteiger charge is 2.30. The number of hydrogen-bond donors (Lipinski definition) is 1. The molecule has 0 spiro atoms. The Morgan fingerprint density at radius 3 is 2.88 bits per heavy atom. The van der Waals surface area contributed by atoms with E-state index in [2.05, 4.69) is 0 Å². The highest BCUT2D eigenvalue weighted by molar-refractivity contribution is 6.27. The van der Waals surface area contributed by atoms with E-state index in [-0.39, 0.29) is 6.04 Å². The van der Waals surface area contributed by atoms with Gasteiger partial charge in [-0.3, -0.25) is 4.42 Å². The minimum atomic E-state index is -0.0819. The van der Waals surface area contributed by atoms with Gasteiger partial charge in [-0.05, 0) is 12.1 Å². The van der Waals surface area contributed by atoms with Crippen molar-refractivity contribution in [1.29, 1.82) is 0 Å². The molecular weight excluding hydrogens is 222 g/mol. The van der Waals surface area contributed by atoms with Crippen LogP contribution >= 0.6 is 11.8 Å². The van der Waals surface area contributed by atoms with Crippen LogP contribution in [0.4, 0.5) is 5.69 Å². The second-order valence-electron chi connectivity index (χ2n) is 3.82. The molecule has 0 radical (unpaired) electrons. The monoisotopic (exact) mass is 231 g/mol. The number of fused-ring (bicyclic) bond motifs is 2. The lowest BCUT2D eigenvalue weighted by Crippen LogP contribution is -2.32. The molecule has 1 heterocycles. The van der Waals surface area contributed by atoms with Crippen molar-refractivity contribution in [3.63, 3.8) is 0 Å². The summed E-state index contributed by atoms with van der Waals surface area (Å²) in [6.45, 7) is 0. The number of para-hydroxylation sites is 1. The van der Waals surface area contributed by atoms with Gasteiger partial charge in [0.25, 0.3) is 0 Å². The molecule has 1 N–H and O–H groups in total. The molecule has 1 aromatic carbocycles. The van der Waals surface area contributed by atoms with Crippen LogP contribution in [0.2, 0.25) is 0 Å². The molecule has 2 nitrogen and oxygen atoms in total. The van der Waals surface area contributed by atoms with Crippen LogP contribution in [0.25, 0.3) is 5.76 Å². The summed E-state index contributed by atoms with van der Waals surface area (Å²) in [5.41, 5.74) is 2.47. The Bertz CT molecular complexity index is 530. The van der Waals surface area contributed by atoms with Crippen LogP contribution in [0.1, 0.15) is 5.56 Å². The fraction of sp³-hybridized carbons (Fsp3) is 0.0769. The number of anilines is 1. The van der Waals surface area contributed by atoms with Crippen molar-refractivity contribution < 1.29 is 5.11 Å². The molecule has 2 aliphatic rings. The highest BCUT2D eigenvalue weighted by atomic mass is 35.5. The number of halogens is 1. The van der Waals surface area contributed by atoms with Gasteiger partial charge in [-0.25, -0.2) is 0 Å². The molecule has 0 fully saturated rings. The zero-order valence-corrected chi connectivity index (χ0v) is 9.22. The zero-order valence-electron chi connectivity index (χ0n) is 8.47. The van der Waals surface area contributed by atoms with Gasteiger partial charge in [0.2, 0.25) is 0 Å². The van der Waals surface area contributed by atoms with Gasteiger partial charge in [0.15, 0.2) is 0 Å². The maximum Gasteiger partial charge on any atom is 0.130 e. The van der Waals surface area contributed by atoms with Crippen molar-refractivity contribution in [3.8, 4) is 0 Å². The number of rotatable bonds is 0. The SMILES string of the molecule is OC1=C2C=CC=CC2N(Cl)c2ccccc21. The Kier molecular flexibility index (Phi) is 2.04. The van der Waals surface area contributed by atoms with Gasteiger partial charge >= 0.3 is 0 Å².